The van der Waals surface area contributed by atoms with Crippen molar-refractivity contribution in [3.63, 3.8) is 0 Å². The third-order valence-electron chi connectivity index (χ3n) is 3.22. The van der Waals surface area contributed by atoms with Crippen LogP contribution in [0.2, 0.25) is 0 Å². The minimum absolute atomic E-state index is 0.184. The molecule has 0 saturated heterocycles. The molecular formula is C18H22N4O3. The molecule has 0 spiro atoms. The largest absolute Gasteiger partial charge is 0.359 e. The topological polar surface area (TPSA) is 96.3 Å². The number of allylic oxidation sites excluding steroid dienone is 1. The molecule has 132 valence electrons. The summed E-state index contributed by atoms with van der Waals surface area (Å²) in [6.45, 7) is 7.75. The first-order valence-electron chi connectivity index (χ1n) is 7.87. The summed E-state index contributed by atoms with van der Waals surface area (Å²) in [7, 11) is 0. The lowest BCUT2D eigenvalue weighted by Crippen LogP contribution is -2.19. The predicted molar refractivity (Wildman–Crippen MR) is 97.7 cm³/mol. The molecule has 2 rings (SSSR count). The minimum Gasteiger partial charge on any atom is -0.359 e. The Kier molecular flexibility index (Phi) is 5.59. The van der Waals surface area contributed by atoms with Gasteiger partial charge in [0.15, 0.2) is 5.82 Å². The molecule has 1 aromatic carbocycles. The van der Waals surface area contributed by atoms with Gasteiger partial charge in [0.25, 0.3) is 0 Å². The zero-order chi connectivity index (χ0) is 18.4. The van der Waals surface area contributed by atoms with Crippen molar-refractivity contribution in [1.82, 2.24) is 5.16 Å². The van der Waals surface area contributed by atoms with Gasteiger partial charge in [-0.3, -0.25) is 10.1 Å². The van der Waals surface area contributed by atoms with Crippen LogP contribution in [0, 0.1) is 0 Å². The second-order valence-corrected chi connectivity index (χ2v) is 6.47. The summed E-state index contributed by atoms with van der Waals surface area (Å²) in [4.78, 5) is 23.5. The zero-order valence-corrected chi connectivity index (χ0v) is 14.7. The number of benzene rings is 1. The van der Waals surface area contributed by atoms with Crippen molar-refractivity contribution in [3.8, 4) is 0 Å². The summed E-state index contributed by atoms with van der Waals surface area (Å²) < 4.78 is 5.21. The summed E-state index contributed by atoms with van der Waals surface area (Å²) in [5.74, 6) is 0.823. The summed E-state index contributed by atoms with van der Waals surface area (Å²) >= 11 is 0. The van der Waals surface area contributed by atoms with E-state index in [1.54, 1.807) is 43.3 Å². The van der Waals surface area contributed by atoms with Crippen molar-refractivity contribution in [2.45, 2.75) is 33.1 Å². The van der Waals surface area contributed by atoms with Crippen molar-refractivity contribution < 1.29 is 14.1 Å². The molecule has 0 aliphatic carbocycles. The molecule has 0 radical (unpaired) electrons. The highest BCUT2D eigenvalue weighted by atomic mass is 16.5. The van der Waals surface area contributed by atoms with Gasteiger partial charge in [-0.25, -0.2) is 4.79 Å². The highest BCUT2D eigenvalue weighted by Gasteiger charge is 2.20. The van der Waals surface area contributed by atoms with Crippen molar-refractivity contribution in [3.05, 3.63) is 48.2 Å². The maximum atomic E-state index is 12.0. The Balaban J connectivity index is 1.92. The zero-order valence-electron chi connectivity index (χ0n) is 14.7. The maximum absolute atomic E-state index is 12.0. The second-order valence-electron chi connectivity index (χ2n) is 6.47. The molecule has 7 heteroatoms. The molecule has 1 heterocycles. The number of aromatic nitrogens is 1. The Labute approximate surface area is 146 Å². The number of carbonyl (C=O) groups is 2. The number of hydrogen-bond donors (Lipinski definition) is 3. The number of rotatable bonds is 4. The Bertz CT molecular complexity index is 770. The van der Waals surface area contributed by atoms with Crippen LogP contribution in [0.15, 0.2) is 47.0 Å². The van der Waals surface area contributed by atoms with Crippen LogP contribution in [-0.2, 0) is 10.2 Å². The predicted octanol–water partition coefficient (Wildman–Crippen LogP) is 4.13. The molecule has 2 aromatic rings. The molecule has 25 heavy (non-hydrogen) atoms. The van der Waals surface area contributed by atoms with E-state index in [4.69, 9.17) is 4.52 Å². The lowest BCUT2D eigenvalue weighted by Gasteiger charge is -2.12. The lowest BCUT2D eigenvalue weighted by molar-refractivity contribution is -0.111. The summed E-state index contributed by atoms with van der Waals surface area (Å²) in [6, 6.07) is 8.04. The monoisotopic (exact) mass is 342 g/mol. The normalized spacial score (nSPS) is 11.4. The number of carbonyl (C=O) groups excluding carboxylic acids is 2. The van der Waals surface area contributed by atoms with Gasteiger partial charge < -0.3 is 15.2 Å². The fourth-order valence-electron chi connectivity index (χ4n) is 1.94. The van der Waals surface area contributed by atoms with Crippen LogP contribution < -0.4 is 16.0 Å². The van der Waals surface area contributed by atoms with Crippen LogP contribution in [0.5, 0.6) is 0 Å². The van der Waals surface area contributed by atoms with E-state index in [-0.39, 0.29) is 11.3 Å². The van der Waals surface area contributed by atoms with Crippen molar-refractivity contribution in [2.24, 2.45) is 0 Å². The number of nitrogens with one attached hydrogen (secondary N) is 3. The molecule has 0 fully saturated rings. The van der Waals surface area contributed by atoms with E-state index < -0.39 is 6.03 Å². The van der Waals surface area contributed by atoms with Crippen LogP contribution in [-0.4, -0.2) is 17.1 Å². The highest BCUT2D eigenvalue weighted by molar-refractivity contribution is 6.00. The number of nitrogens with zero attached hydrogens (tertiary/aromatic N) is 1. The second kappa shape index (κ2) is 7.65. The maximum Gasteiger partial charge on any atom is 0.324 e. The molecule has 0 atom stereocenters. The van der Waals surface area contributed by atoms with E-state index in [2.05, 4.69) is 21.1 Å². The van der Waals surface area contributed by atoms with E-state index >= 15 is 0 Å². The molecule has 0 aliphatic heterocycles. The van der Waals surface area contributed by atoms with Crippen molar-refractivity contribution in [1.29, 1.82) is 0 Å². The Morgan fingerprint density at radius 2 is 1.64 bits per heavy atom. The average molecular weight is 342 g/mol. The number of urea groups is 1. The average Bonchev–Trinajstić information content (AvgIpc) is 2.98. The molecule has 0 bridgehead atoms. The van der Waals surface area contributed by atoms with Crippen molar-refractivity contribution >= 4 is 29.1 Å². The third kappa shape index (κ3) is 5.49. The van der Waals surface area contributed by atoms with Crippen LogP contribution >= 0.6 is 0 Å². The van der Waals surface area contributed by atoms with Crippen LogP contribution in [0.3, 0.4) is 0 Å². The molecule has 0 unspecified atom stereocenters. The lowest BCUT2D eigenvalue weighted by atomic mass is 9.93. The van der Waals surface area contributed by atoms with Gasteiger partial charge in [0.2, 0.25) is 5.91 Å². The van der Waals surface area contributed by atoms with Gasteiger partial charge in [0.1, 0.15) is 5.76 Å². The molecule has 1 aromatic heterocycles. The molecule has 0 saturated carbocycles. The standard InChI is InChI=1S/C18H22N4O3/c1-5-6-16(23)19-12-7-9-13(10-8-12)20-17(24)21-15-11-14(25-22-15)18(2,3)4/h5-11H,1-4H3,(H,19,23)(H2,20,21,22,24)/b6-5+. The molecule has 3 amide bonds. The Morgan fingerprint density at radius 1 is 1.04 bits per heavy atom. The van der Waals surface area contributed by atoms with E-state index in [9.17, 15) is 9.59 Å². The van der Waals surface area contributed by atoms with Gasteiger partial charge in [-0.15, -0.1) is 0 Å². The van der Waals surface area contributed by atoms with Gasteiger partial charge in [-0.05, 0) is 37.3 Å². The van der Waals surface area contributed by atoms with E-state index in [1.165, 1.54) is 6.08 Å². The van der Waals surface area contributed by atoms with Crippen molar-refractivity contribution in [2.75, 3.05) is 16.0 Å². The first kappa shape index (κ1) is 18.3. The van der Waals surface area contributed by atoms with Gasteiger partial charge in [-0.1, -0.05) is 32.0 Å². The van der Waals surface area contributed by atoms with E-state index in [0.717, 1.165) is 0 Å². The summed E-state index contributed by atoms with van der Waals surface area (Å²) in [5.41, 5.74) is 1.04. The smallest absolute Gasteiger partial charge is 0.324 e. The van der Waals surface area contributed by atoms with Gasteiger partial charge in [0, 0.05) is 22.9 Å². The Morgan fingerprint density at radius 3 is 2.16 bits per heavy atom. The van der Waals surface area contributed by atoms with E-state index in [1.807, 2.05) is 20.8 Å². The molecule has 0 aliphatic rings. The number of amides is 3. The van der Waals surface area contributed by atoms with Gasteiger partial charge >= 0.3 is 6.03 Å². The number of hydrogen-bond acceptors (Lipinski definition) is 4. The molecule has 3 N–H and O–H groups in total. The van der Waals surface area contributed by atoms with Gasteiger partial charge in [0.05, 0.1) is 0 Å². The minimum atomic E-state index is -0.431. The van der Waals surface area contributed by atoms with Crippen LogP contribution in [0.1, 0.15) is 33.5 Å². The molecular weight excluding hydrogens is 320 g/mol. The summed E-state index contributed by atoms with van der Waals surface area (Å²) in [5, 5.41) is 11.8. The fraction of sp³-hybridized carbons (Fsp3) is 0.278. The number of anilines is 3. The SMILES string of the molecule is C/C=C/C(=O)Nc1ccc(NC(=O)Nc2cc(C(C)(C)C)on2)cc1. The quantitative estimate of drug-likeness (QED) is 0.728. The first-order valence-corrected chi connectivity index (χ1v) is 7.87. The summed E-state index contributed by atoms with van der Waals surface area (Å²) in [6.07, 6.45) is 3.09. The van der Waals surface area contributed by atoms with E-state index in [0.29, 0.717) is 23.0 Å². The van der Waals surface area contributed by atoms with Crippen LogP contribution in [0.25, 0.3) is 0 Å². The van der Waals surface area contributed by atoms with Crippen LogP contribution in [0.4, 0.5) is 22.0 Å². The van der Waals surface area contributed by atoms with Gasteiger partial charge in [-0.2, -0.15) is 0 Å². The third-order valence-corrected chi connectivity index (χ3v) is 3.22. The first-order chi connectivity index (χ1) is 11.8. The Hall–Kier alpha value is -3.09. The molecule has 7 nitrogen and oxygen atoms in total. The fourth-order valence-corrected chi connectivity index (χ4v) is 1.94. The highest BCUT2D eigenvalue weighted by Crippen LogP contribution is 2.24.